The van der Waals surface area contributed by atoms with Gasteiger partial charge in [-0.1, -0.05) is 48.5 Å². The predicted molar refractivity (Wildman–Crippen MR) is 115 cm³/mol. The zero-order valence-corrected chi connectivity index (χ0v) is 17.3. The first-order valence-corrected chi connectivity index (χ1v) is 11.0. The third-order valence-corrected chi connectivity index (χ3v) is 7.06. The monoisotopic (exact) mass is 422 g/mol. The van der Waals surface area contributed by atoms with E-state index in [0.29, 0.717) is 17.9 Å². The summed E-state index contributed by atoms with van der Waals surface area (Å²) < 4.78 is 33.3. The molecule has 0 aromatic heterocycles. The molecule has 1 atom stereocenters. The summed E-state index contributed by atoms with van der Waals surface area (Å²) in [6.45, 7) is 0.142. The second-order valence-electron chi connectivity index (χ2n) is 7.07. The van der Waals surface area contributed by atoms with Crippen LogP contribution in [-0.4, -0.2) is 31.8 Å². The van der Waals surface area contributed by atoms with E-state index in [1.807, 2.05) is 24.3 Å². The summed E-state index contributed by atoms with van der Waals surface area (Å²) in [5.41, 5.74) is 2.43. The highest BCUT2D eigenvalue weighted by atomic mass is 32.2. The fourth-order valence-electron chi connectivity index (χ4n) is 3.63. The van der Waals surface area contributed by atoms with Crippen LogP contribution in [0.25, 0.3) is 0 Å². The van der Waals surface area contributed by atoms with Gasteiger partial charge in [0, 0.05) is 18.3 Å². The van der Waals surface area contributed by atoms with Crippen molar-refractivity contribution in [1.29, 1.82) is 0 Å². The summed E-state index contributed by atoms with van der Waals surface area (Å²) in [7, 11) is -2.31. The Morgan fingerprint density at radius 1 is 0.967 bits per heavy atom. The van der Waals surface area contributed by atoms with E-state index in [4.69, 9.17) is 4.74 Å². The summed E-state index contributed by atoms with van der Waals surface area (Å²) in [6.07, 6.45) is 0.304. The molecule has 1 N–H and O–H groups in total. The number of fused-ring (bicyclic) bond motifs is 1. The number of hydrogen-bond donors (Lipinski definition) is 1. The molecule has 0 fully saturated rings. The van der Waals surface area contributed by atoms with Gasteiger partial charge >= 0.3 is 0 Å². The van der Waals surface area contributed by atoms with Crippen LogP contribution >= 0.6 is 0 Å². The SMILES string of the molecule is COc1cccc(NC(=O)[C@H]2Cc3ccccc3CN2S(=O)(=O)c2ccccc2)c1. The number of carbonyl (C=O) groups is 1. The van der Waals surface area contributed by atoms with Gasteiger partial charge in [0.1, 0.15) is 11.8 Å². The maximum atomic E-state index is 13.4. The fraction of sp³-hybridized carbons (Fsp3) is 0.174. The Hall–Kier alpha value is -3.16. The number of hydrogen-bond acceptors (Lipinski definition) is 4. The lowest BCUT2D eigenvalue weighted by molar-refractivity contribution is -0.120. The van der Waals surface area contributed by atoms with E-state index in [1.54, 1.807) is 61.7 Å². The second kappa shape index (κ2) is 8.30. The Kier molecular flexibility index (Phi) is 5.57. The Morgan fingerprint density at radius 2 is 1.67 bits per heavy atom. The molecule has 0 aliphatic carbocycles. The molecule has 6 nitrogen and oxygen atoms in total. The van der Waals surface area contributed by atoms with E-state index in [9.17, 15) is 13.2 Å². The summed E-state index contributed by atoms with van der Waals surface area (Å²) in [4.78, 5) is 13.4. The number of sulfonamides is 1. The van der Waals surface area contributed by atoms with Crippen LogP contribution in [-0.2, 0) is 27.8 Å². The summed E-state index contributed by atoms with van der Waals surface area (Å²) in [5.74, 6) is 0.229. The second-order valence-corrected chi connectivity index (χ2v) is 8.96. The number of amides is 1. The molecule has 154 valence electrons. The number of anilines is 1. The van der Waals surface area contributed by atoms with E-state index in [-0.39, 0.29) is 17.3 Å². The van der Waals surface area contributed by atoms with Crippen molar-refractivity contribution in [3.05, 3.63) is 90.0 Å². The molecule has 0 bridgehead atoms. The van der Waals surface area contributed by atoms with E-state index in [0.717, 1.165) is 11.1 Å². The van der Waals surface area contributed by atoms with Crippen molar-refractivity contribution < 1.29 is 17.9 Å². The topological polar surface area (TPSA) is 75.7 Å². The van der Waals surface area contributed by atoms with Gasteiger partial charge in [0.25, 0.3) is 0 Å². The zero-order valence-electron chi connectivity index (χ0n) is 16.5. The highest BCUT2D eigenvalue weighted by molar-refractivity contribution is 7.89. The van der Waals surface area contributed by atoms with Gasteiger partial charge in [-0.05, 0) is 41.8 Å². The van der Waals surface area contributed by atoms with Crippen molar-refractivity contribution in [2.24, 2.45) is 0 Å². The van der Waals surface area contributed by atoms with Gasteiger partial charge in [0.2, 0.25) is 15.9 Å². The molecule has 0 saturated heterocycles. The lowest BCUT2D eigenvalue weighted by Gasteiger charge is -2.35. The minimum atomic E-state index is -3.86. The average Bonchev–Trinajstić information content (AvgIpc) is 2.79. The Morgan fingerprint density at radius 3 is 2.40 bits per heavy atom. The molecule has 4 rings (SSSR count). The molecule has 0 spiro atoms. The van der Waals surface area contributed by atoms with E-state index in [1.165, 1.54) is 4.31 Å². The first-order chi connectivity index (χ1) is 14.5. The molecule has 1 heterocycles. The fourth-order valence-corrected chi connectivity index (χ4v) is 5.22. The number of nitrogens with one attached hydrogen (secondary N) is 1. The summed E-state index contributed by atoms with van der Waals surface area (Å²) in [5, 5.41) is 2.85. The summed E-state index contributed by atoms with van der Waals surface area (Å²) in [6, 6.07) is 22.0. The molecule has 1 amide bonds. The van der Waals surface area contributed by atoms with Crippen LogP contribution in [0.5, 0.6) is 5.75 Å². The Bertz CT molecular complexity index is 1160. The number of nitrogens with zero attached hydrogens (tertiary/aromatic N) is 1. The van der Waals surface area contributed by atoms with Crippen molar-refractivity contribution in [2.45, 2.75) is 23.9 Å². The maximum Gasteiger partial charge on any atom is 0.244 e. The van der Waals surface area contributed by atoms with Crippen LogP contribution in [0.4, 0.5) is 5.69 Å². The number of carbonyl (C=O) groups excluding carboxylic acids is 1. The molecule has 1 aliphatic heterocycles. The number of methoxy groups -OCH3 is 1. The molecular formula is C23H22N2O4S. The van der Waals surface area contributed by atoms with Crippen LogP contribution in [0, 0.1) is 0 Å². The third-order valence-electron chi connectivity index (χ3n) is 5.20. The number of ether oxygens (including phenoxy) is 1. The van der Waals surface area contributed by atoms with Crippen molar-refractivity contribution >= 4 is 21.6 Å². The van der Waals surface area contributed by atoms with Gasteiger partial charge in [-0.15, -0.1) is 0 Å². The Balaban J connectivity index is 1.70. The minimum absolute atomic E-state index is 0.142. The van der Waals surface area contributed by atoms with Gasteiger partial charge in [0.05, 0.1) is 12.0 Å². The highest BCUT2D eigenvalue weighted by Gasteiger charge is 2.39. The Labute approximate surface area is 176 Å². The largest absolute Gasteiger partial charge is 0.497 e. The van der Waals surface area contributed by atoms with Crippen molar-refractivity contribution in [3.63, 3.8) is 0 Å². The maximum absolute atomic E-state index is 13.4. The standard InChI is InChI=1S/C23H22N2O4S/c1-29-20-11-7-10-19(15-20)24-23(26)22-14-17-8-5-6-9-18(17)16-25(22)30(27,28)21-12-3-2-4-13-21/h2-13,15,22H,14,16H2,1H3,(H,24,26)/t22-/m1/s1. The first kappa shape index (κ1) is 20.1. The van der Waals surface area contributed by atoms with Crippen LogP contribution in [0.2, 0.25) is 0 Å². The van der Waals surface area contributed by atoms with Crippen LogP contribution in [0.3, 0.4) is 0 Å². The molecule has 30 heavy (non-hydrogen) atoms. The molecule has 3 aromatic rings. The molecule has 1 aliphatic rings. The van der Waals surface area contributed by atoms with Gasteiger partial charge in [0.15, 0.2) is 0 Å². The average molecular weight is 423 g/mol. The normalized spacial score (nSPS) is 16.5. The smallest absolute Gasteiger partial charge is 0.244 e. The minimum Gasteiger partial charge on any atom is -0.497 e. The molecule has 0 saturated carbocycles. The summed E-state index contributed by atoms with van der Waals surface area (Å²) >= 11 is 0. The van der Waals surface area contributed by atoms with E-state index >= 15 is 0 Å². The molecule has 0 unspecified atom stereocenters. The van der Waals surface area contributed by atoms with Crippen LogP contribution in [0.1, 0.15) is 11.1 Å². The molecule has 0 radical (unpaired) electrons. The highest BCUT2D eigenvalue weighted by Crippen LogP contribution is 2.30. The quantitative estimate of drug-likeness (QED) is 0.683. The zero-order chi connectivity index (χ0) is 21.1. The first-order valence-electron chi connectivity index (χ1n) is 9.57. The van der Waals surface area contributed by atoms with E-state index < -0.39 is 16.1 Å². The van der Waals surface area contributed by atoms with Crippen LogP contribution < -0.4 is 10.1 Å². The van der Waals surface area contributed by atoms with Gasteiger partial charge in [-0.25, -0.2) is 8.42 Å². The number of rotatable bonds is 5. The lowest BCUT2D eigenvalue weighted by atomic mass is 9.95. The van der Waals surface area contributed by atoms with Crippen molar-refractivity contribution in [2.75, 3.05) is 12.4 Å². The van der Waals surface area contributed by atoms with Gasteiger partial charge in [-0.2, -0.15) is 4.31 Å². The van der Waals surface area contributed by atoms with Crippen molar-refractivity contribution in [3.8, 4) is 5.75 Å². The molecular weight excluding hydrogens is 400 g/mol. The number of benzene rings is 3. The molecule has 7 heteroatoms. The predicted octanol–water partition coefficient (Wildman–Crippen LogP) is 3.45. The lowest BCUT2D eigenvalue weighted by Crippen LogP contribution is -2.50. The van der Waals surface area contributed by atoms with Crippen LogP contribution in [0.15, 0.2) is 83.8 Å². The molecule has 3 aromatic carbocycles. The van der Waals surface area contributed by atoms with Gasteiger partial charge < -0.3 is 10.1 Å². The third kappa shape index (κ3) is 3.94. The van der Waals surface area contributed by atoms with Gasteiger partial charge in [-0.3, -0.25) is 4.79 Å². The van der Waals surface area contributed by atoms with E-state index in [2.05, 4.69) is 5.32 Å². The van der Waals surface area contributed by atoms with Crippen molar-refractivity contribution in [1.82, 2.24) is 4.31 Å².